The number of allylic oxidation sites excluding steroid dienone is 1. The summed E-state index contributed by atoms with van der Waals surface area (Å²) in [5.41, 5.74) is 3.55. The summed E-state index contributed by atoms with van der Waals surface area (Å²) in [6, 6.07) is 22.9. The Kier molecular flexibility index (Phi) is 8.78. The van der Waals surface area contributed by atoms with E-state index in [4.69, 9.17) is 23.2 Å². The van der Waals surface area contributed by atoms with Gasteiger partial charge in [0.25, 0.3) is 5.91 Å². The van der Waals surface area contributed by atoms with Crippen molar-refractivity contribution in [2.75, 3.05) is 5.32 Å². The van der Waals surface area contributed by atoms with E-state index in [1.165, 1.54) is 11.3 Å². The second kappa shape index (κ2) is 12.6. The molecule has 39 heavy (non-hydrogen) atoms. The lowest BCUT2D eigenvalue weighted by molar-refractivity contribution is 0.102. The van der Waals surface area contributed by atoms with Crippen LogP contribution in [0.15, 0.2) is 96.8 Å². The number of carbonyl (C=O) groups is 1. The summed E-state index contributed by atoms with van der Waals surface area (Å²) >= 11 is 15.4. The van der Waals surface area contributed by atoms with Gasteiger partial charge in [-0.05, 0) is 41.5 Å². The third-order valence-corrected chi connectivity index (χ3v) is 8.35. The summed E-state index contributed by atoms with van der Waals surface area (Å²) in [5.74, 6) is 1.29. The lowest BCUT2D eigenvalue weighted by atomic mass is 10.1. The normalized spacial score (nSPS) is 10.9. The summed E-state index contributed by atoms with van der Waals surface area (Å²) < 4.78 is 2.05. The van der Waals surface area contributed by atoms with Crippen LogP contribution in [-0.2, 0) is 18.7 Å². The van der Waals surface area contributed by atoms with E-state index in [-0.39, 0.29) is 5.91 Å². The molecule has 196 valence electrons. The quantitative estimate of drug-likeness (QED) is 0.131. The van der Waals surface area contributed by atoms with Crippen LogP contribution in [0.5, 0.6) is 0 Å². The molecule has 0 fully saturated rings. The number of aromatic nitrogens is 4. The maximum Gasteiger partial charge on any atom is 0.257 e. The topological polar surface area (TPSA) is 72.7 Å². The maximum absolute atomic E-state index is 12.8. The molecule has 0 bridgehead atoms. The monoisotopic (exact) mass is 591 g/mol. The lowest BCUT2D eigenvalue weighted by Crippen LogP contribution is -2.11. The van der Waals surface area contributed by atoms with Crippen molar-refractivity contribution in [2.24, 2.45) is 0 Å². The van der Waals surface area contributed by atoms with Crippen molar-refractivity contribution in [1.29, 1.82) is 0 Å². The summed E-state index contributed by atoms with van der Waals surface area (Å²) in [5, 5.41) is 14.3. The number of benzene rings is 3. The van der Waals surface area contributed by atoms with Gasteiger partial charge in [-0.3, -0.25) is 14.7 Å². The van der Waals surface area contributed by atoms with Gasteiger partial charge < -0.3 is 0 Å². The molecule has 6 nitrogen and oxygen atoms in total. The molecule has 0 spiro atoms. The number of amides is 1. The molecule has 5 rings (SSSR count). The number of carbonyl (C=O) groups excluding carboxylic acids is 1. The van der Waals surface area contributed by atoms with Gasteiger partial charge in [0.05, 0.1) is 0 Å². The summed E-state index contributed by atoms with van der Waals surface area (Å²) in [7, 11) is 0. The minimum Gasteiger partial charge on any atom is -0.298 e. The molecule has 5 aromatic rings. The van der Waals surface area contributed by atoms with Gasteiger partial charge in [-0.1, -0.05) is 83.5 Å². The molecule has 0 saturated carbocycles. The number of nitrogens with zero attached hydrogens (tertiary/aromatic N) is 4. The van der Waals surface area contributed by atoms with Gasteiger partial charge in [0, 0.05) is 51.0 Å². The van der Waals surface area contributed by atoms with Crippen molar-refractivity contribution in [1.82, 2.24) is 19.7 Å². The highest BCUT2D eigenvalue weighted by molar-refractivity contribution is 7.98. The zero-order valence-corrected chi connectivity index (χ0v) is 23.8. The number of hydrogen-bond acceptors (Lipinski definition) is 6. The third-order valence-electron chi connectivity index (χ3n) is 5.79. The number of thiazole rings is 1. The Balaban J connectivity index is 1.20. The Hall–Kier alpha value is -3.43. The first-order chi connectivity index (χ1) is 19.0. The molecule has 0 aliphatic rings. The standard InChI is InChI=1S/C29H23Cl2N5OS2/c1-2-14-36-26(20-6-4-3-5-7-20)34-35-29(36)38-18-19-8-10-21(11-9-19)27(37)33-28-32-17-24(39-28)16-22-15-23(30)12-13-25(22)31/h2-13,15,17H,1,14,16,18H2,(H,32,33,37). The molecule has 0 saturated heterocycles. The molecule has 10 heteroatoms. The average molecular weight is 593 g/mol. The fourth-order valence-corrected chi connectivity index (χ4v) is 5.99. The second-order valence-corrected chi connectivity index (χ2v) is 11.5. The first kappa shape index (κ1) is 27.1. The van der Waals surface area contributed by atoms with Crippen molar-refractivity contribution in [2.45, 2.75) is 23.9 Å². The number of hydrogen-bond donors (Lipinski definition) is 1. The van der Waals surface area contributed by atoms with Gasteiger partial charge in [-0.25, -0.2) is 4.98 Å². The zero-order chi connectivity index (χ0) is 27.2. The van der Waals surface area contributed by atoms with Crippen LogP contribution in [-0.4, -0.2) is 25.7 Å². The summed E-state index contributed by atoms with van der Waals surface area (Å²) in [6.07, 6.45) is 4.17. The Morgan fingerprint density at radius 3 is 2.62 bits per heavy atom. The maximum atomic E-state index is 12.8. The van der Waals surface area contributed by atoms with Crippen molar-refractivity contribution < 1.29 is 4.79 Å². The first-order valence-electron chi connectivity index (χ1n) is 12.0. The highest BCUT2D eigenvalue weighted by Gasteiger charge is 2.14. The second-order valence-electron chi connectivity index (χ2n) is 8.56. The van der Waals surface area contributed by atoms with Crippen LogP contribution in [0.2, 0.25) is 10.0 Å². The predicted octanol–water partition coefficient (Wildman–Crippen LogP) is 8.03. The molecular formula is C29H23Cl2N5OS2. The van der Waals surface area contributed by atoms with Crippen LogP contribution in [0.1, 0.15) is 26.4 Å². The largest absolute Gasteiger partial charge is 0.298 e. The molecule has 1 N–H and O–H groups in total. The number of halogens is 2. The predicted molar refractivity (Wildman–Crippen MR) is 161 cm³/mol. The third kappa shape index (κ3) is 6.78. The number of thioether (sulfide) groups is 1. The smallest absolute Gasteiger partial charge is 0.257 e. The van der Waals surface area contributed by atoms with E-state index < -0.39 is 0 Å². The summed E-state index contributed by atoms with van der Waals surface area (Å²) in [6.45, 7) is 4.49. The van der Waals surface area contributed by atoms with Gasteiger partial charge in [-0.15, -0.1) is 28.1 Å². The SMILES string of the molecule is C=CCn1c(SCc2ccc(C(=O)Nc3ncc(Cc4cc(Cl)ccc4Cl)s3)cc2)nnc1-c1ccccc1. The van der Waals surface area contributed by atoms with E-state index in [1.54, 1.807) is 30.1 Å². The zero-order valence-electron chi connectivity index (χ0n) is 20.7. The van der Waals surface area contributed by atoms with E-state index in [1.807, 2.05) is 66.7 Å². The number of nitrogens with one attached hydrogen (secondary N) is 1. The molecule has 2 aromatic heterocycles. The van der Waals surface area contributed by atoms with Crippen molar-refractivity contribution in [3.63, 3.8) is 0 Å². The van der Waals surface area contributed by atoms with Crippen LogP contribution >= 0.6 is 46.3 Å². The number of anilines is 1. The van der Waals surface area contributed by atoms with Crippen molar-refractivity contribution >= 4 is 57.3 Å². The van der Waals surface area contributed by atoms with E-state index in [0.717, 1.165) is 32.5 Å². The fourth-order valence-electron chi connectivity index (χ4n) is 3.87. The van der Waals surface area contributed by atoms with Crippen LogP contribution in [0.25, 0.3) is 11.4 Å². The van der Waals surface area contributed by atoms with E-state index >= 15 is 0 Å². The Labute approximate surface area is 244 Å². The Morgan fingerprint density at radius 2 is 1.85 bits per heavy atom. The van der Waals surface area contributed by atoms with Crippen molar-refractivity contribution in [3.05, 3.63) is 123 Å². The molecule has 0 aliphatic heterocycles. The lowest BCUT2D eigenvalue weighted by Gasteiger charge is -2.08. The molecule has 0 unspecified atom stereocenters. The summed E-state index contributed by atoms with van der Waals surface area (Å²) in [4.78, 5) is 18.1. The molecule has 3 aromatic carbocycles. The van der Waals surface area contributed by atoms with Gasteiger partial charge in [0.15, 0.2) is 16.1 Å². The van der Waals surface area contributed by atoms with Crippen LogP contribution in [0.3, 0.4) is 0 Å². The van der Waals surface area contributed by atoms with E-state index in [2.05, 4.69) is 31.6 Å². The van der Waals surface area contributed by atoms with Gasteiger partial charge in [0.2, 0.25) is 0 Å². The van der Waals surface area contributed by atoms with Crippen LogP contribution in [0, 0.1) is 0 Å². The molecule has 0 atom stereocenters. The minimum atomic E-state index is -0.214. The number of rotatable bonds is 10. The minimum absolute atomic E-state index is 0.214. The average Bonchev–Trinajstić information content (AvgIpc) is 3.57. The molecular weight excluding hydrogens is 569 g/mol. The van der Waals surface area contributed by atoms with Gasteiger partial charge >= 0.3 is 0 Å². The Morgan fingerprint density at radius 1 is 1.05 bits per heavy atom. The van der Waals surface area contributed by atoms with Crippen LogP contribution in [0.4, 0.5) is 5.13 Å². The highest BCUT2D eigenvalue weighted by Crippen LogP contribution is 2.28. The highest BCUT2D eigenvalue weighted by atomic mass is 35.5. The Bertz CT molecular complexity index is 1600. The molecule has 0 aliphatic carbocycles. The molecule has 2 heterocycles. The first-order valence-corrected chi connectivity index (χ1v) is 14.6. The van der Waals surface area contributed by atoms with E-state index in [0.29, 0.717) is 39.5 Å². The van der Waals surface area contributed by atoms with Crippen molar-refractivity contribution in [3.8, 4) is 11.4 Å². The van der Waals surface area contributed by atoms with Gasteiger partial charge in [-0.2, -0.15) is 0 Å². The van der Waals surface area contributed by atoms with Gasteiger partial charge in [0.1, 0.15) is 0 Å². The molecule has 0 radical (unpaired) electrons. The fraction of sp³-hybridized carbons (Fsp3) is 0.103. The van der Waals surface area contributed by atoms with E-state index in [9.17, 15) is 4.79 Å². The molecule has 1 amide bonds. The van der Waals surface area contributed by atoms with Crippen LogP contribution < -0.4 is 5.32 Å².